The average molecular weight is 513 g/mol. The Labute approximate surface area is 208 Å². The standard InChI is InChI=1S/C23H36N4O9/c1-12(2)8-15(25-17(29)10-24)22(35)27-16(11-28)19(32)20(33)21(34)23(36)26-14(9-18(30)31)13-6-4-3-5-7-13/h3-7,12,14-16,19-21,28,32-34H,8-11,24H2,1-2H3,(H,25,29)(H,26,36)(H,27,35)(H,30,31). The van der Waals surface area contributed by atoms with E-state index in [0.717, 1.165) is 0 Å². The minimum absolute atomic E-state index is 0.0178. The van der Waals surface area contributed by atoms with E-state index in [0.29, 0.717) is 5.56 Å². The number of carboxylic acids is 1. The molecule has 0 fully saturated rings. The molecule has 13 nitrogen and oxygen atoms in total. The largest absolute Gasteiger partial charge is 0.481 e. The van der Waals surface area contributed by atoms with Gasteiger partial charge >= 0.3 is 5.97 Å². The molecule has 202 valence electrons. The van der Waals surface area contributed by atoms with Crippen molar-refractivity contribution >= 4 is 23.7 Å². The number of nitrogens with one attached hydrogen (secondary N) is 3. The van der Waals surface area contributed by atoms with E-state index >= 15 is 0 Å². The predicted molar refractivity (Wildman–Crippen MR) is 127 cm³/mol. The van der Waals surface area contributed by atoms with Crippen molar-refractivity contribution < 1.29 is 44.7 Å². The van der Waals surface area contributed by atoms with E-state index in [4.69, 9.17) is 10.8 Å². The molecule has 0 aliphatic rings. The Morgan fingerprint density at radius 1 is 0.917 bits per heavy atom. The number of carbonyl (C=O) groups is 4. The molecule has 0 heterocycles. The first-order valence-corrected chi connectivity index (χ1v) is 11.4. The fraction of sp³-hybridized carbons (Fsp3) is 0.565. The van der Waals surface area contributed by atoms with Crippen LogP contribution >= 0.6 is 0 Å². The first kappa shape index (κ1) is 30.9. The van der Waals surface area contributed by atoms with Gasteiger partial charge in [0.2, 0.25) is 11.8 Å². The first-order chi connectivity index (χ1) is 16.9. The van der Waals surface area contributed by atoms with Crippen LogP contribution in [0.1, 0.15) is 38.3 Å². The summed E-state index contributed by atoms with van der Waals surface area (Å²) in [6.45, 7) is 2.38. The van der Waals surface area contributed by atoms with E-state index in [9.17, 15) is 39.6 Å². The van der Waals surface area contributed by atoms with Crippen LogP contribution in [-0.2, 0) is 19.2 Å². The van der Waals surface area contributed by atoms with Crippen molar-refractivity contribution in [2.45, 2.75) is 63.1 Å². The van der Waals surface area contributed by atoms with Crippen molar-refractivity contribution in [2.24, 2.45) is 11.7 Å². The molecule has 1 rings (SSSR count). The molecule has 0 bridgehead atoms. The predicted octanol–water partition coefficient (Wildman–Crippen LogP) is -2.63. The van der Waals surface area contributed by atoms with Crippen LogP contribution in [0.5, 0.6) is 0 Å². The lowest BCUT2D eigenvalue weighted by atomic mass is 9.98. The SMILES string of the molecule is CC(C)CC(NC(=O)CN)C(=O)NC(CO)C(O)C(O)C(O)C(=O)NC(CC(=O)O)c1ccccc1. The minimum atomic E-state index is -2.23. The Balaban J connectivity index is 2.91. The Kier molecular flexibility index (Phi) is 13.0. The van der Waals surface area contributed by atoms with E-state index in [2.05, 4.69) is 16.0 Å². The van der Waals surface area contributed by atoms with Crippen molar-refractivity contribution in [3.63, 3.8) is 0 Å². The molecular formula is C23H36N4O9. The van der Waals surface area contributed by atoms with Gasteiger partial charge in [0, 0.05) is 0 Å². The summed E-state index contributed by atoms with van der Waals surface area (Å²) >= 11 is 0. The monoisotopic (exact) mass is 512 g/mol. The van der Waals surface area contributed by atoms with Crippen LogP contribution < -0.4 is 21.7 Å². The van der Waals surface area contributed by atoms with E-state index in [1.807, 2.05) is 0 Å². The zero-order valence-electron chi connectivity index (χ0n) is 20.2. The maximum Gasteiger partial charge on any atom is 0.305 e. The summed E-state index contributed by atoms with van der Waals surface area (Å²) < 4.78 is 0. The number of nitrogens with two attached hydrogens (primary N) is 1. The van der Waals surface area contributed by atoms with Gasteiger partial charge in [0.1, 0.15) is 18.2 Å². The van der Waals surface area contributed by atoms with Crippen LogP contribution in [0.3, 0.4) is 0 Å². The summed E-state index contributed by atoms with van der Waals surface area (Å²) in [6.07, 6.45) is -6.69. The smallest absolute Gasteiger partial charge is 0.305 e. The molecule has 6 unspecified atom stereocenters. The van der Waals surface area contributed by atoms with Gasteiger partial charge in [0.15, 0.2) is 6.10 Å². The fourth-order valence-corrected chi connectivity index (χ4v) is 3.43. The van der Waals surface area contributed by atoms with E-state index < -0.39 is 73.2 Å². The molecule has 0 spiro atoms. The number of carboxylic acid groups (broad SMARTS) is 1. The zero-order chi connectivity index (χ0) is 27.4. The molecule has 13 heteroatoms. The maximum atomic E-state index is 12.7. The second-order valence-corrected chi connectivity index (χ2v) is 8.75. The van der Waals surface area contributed by atoms with Gasteiger partial charge in [-0.15, -0.1) is 0 Å². The number of hydrogen-bond donors (Lipinski definition) is 9. The highest BCUT2D eigenvalue weighted by Crippen LogP contribution is 2.17. The highest BCUT2D eigenvalue weighted by molar-refractivity contribution is 5.88. The second kappa shape index (κ2) is 15.1. The molecule has 0 aromatic heterocycles. The van der Waals surface area contributed by atoms with Crippen LogP contribution in [-0.4, -0.2) is 92.8 Å². The summed E-state index contributed by atoms with van der Waals surface area (Å²) in [6, 6.07) is 4.49. The number of amides is 3. The van der Waals surface area contributed by atoms with Crippen molar-refractivity contribution in [3.8, 4) is 0 Å². The van der Waals surface area contributed by atoms with Crippen molar-refractivity contribution in [1.29, 1.82) is 0 Å². The molecule has 10 N–H and O–H groups in total. The molecule has 3 amide bonds. The van der Waals surface area contributed by atoms with Gasteiger partial charge in [-0.2, -0.15) is 0 Å². The molecule has 0 aliphatic carbocycles. The number of hydrogen-bond acceptors (Lipinski definition) is 9. The lowest BCUT2D eigenvalue weighted by Gasteiger charge is -2.30. The van der Waals surface area contributed by atoms with Crippen molar-refractivity contribution in [1.82, 2.24) is 16.0 Å². The Morgan fingerprint density at radius 2 is 1.53 bits per heavy atom. The number of aliphatic hydroxyl groups is 4. The van der Waals surface area contributed by atoms with Crippen LogP contribution in [0.2, 0.25) is 0 Å². The third-order valence-corrected chi connectivity index (χ3v) is 5.32. The van der Waals surface area contributed by atoms with Crippen LogP contribution in [0, 0.1) is 5.92 Å². The zero-order valence-corrected chi connectivity index (χ0v) is 20.2. The van der Waals surface area contributed by atoms with Crippen molar-refractivity contribution in [2.75, 3.05) is 13.2 Å². The van der Waals surface area contributed by atoms with E-state index in [-0.39, 0.29) is 18.9 Å². The van der Waals surface area contributed by atoms with Gasteiger partial charge < -0.3 is 47.2 Å². The number of rotatable bonds is 15. The summed E-state index contributed by atoms with van der Waals surface area (Å²) in [5.41, 5.74) is 5.71. The Hall–Kier alpha value is -3.10. The van der Waals surface area contributed by atoms with Gasteiger partial charge in [-0.3, -0.25) is 19.2 Å². The normalized spacial score (nSPS) is 16.2. The third kappa shape index (κ3) is 9.87. The summed E-state index contributed by atoms with van der Waals surface area (Å²) in [7, 11) is 0. The molecule has 0 radical (unpaired) electrons. The number of carbonyl (C=O) groups excluding carboxylic acids is 3. The molecular weight excluding hydrogens is 476 g/mol. The minimum Gasteiger partial charge on any atom is -0.481 e. The Bertz CT molecular complexity index is 868. The van der Waals surface area contributed by atoms with E-state index in [1.54, 1.807) is 44.2 Å². The average Bonchev–Trinajstić information content (AvgIpc) is 2.84. The first-order valence-electron chi connectivity index (χ1n) is 11.4. The van der Waals surface area contributed by atoms with Gasteiger partial charge in [-0.25, -0.2) is 0 Å². The maximum absolute atomic E-state index is 12.7. The lowest BCUT2D eigenvalue weighted by molar-refractivity contribution is -0.145. The highest BCUT2D eigenvalue weighted by Gasteiger charge is 2.37. The summed E-state index contributed by atoms with van der Waals surface area (Å²) in [5.74, 6) is -3.79. The van der Waals surface area contributed by atoms with Crippen LogP contribution in [0.15, 0.2) is 30.3 Å². The third-order valence-electron chi connectivity index (χ3n) is 5.32. The molecule has 0 saturated carbocycles. The van der Waals surface area contributed by atoms with Gasteiger partial charge in [-0.1, -0.05) is 44.2 Å². The number of aliphatic carboxylic acids is 1. The molecule has 6 atom stereocenters. The number of aliphatic hydroxyl groups excluding tert-OH is 4. The summed E-state index contributed by atoms with van der Waals surface area (Å²) in [5, 5.41) is 57.0. The second-order valence-electron chi connectivity index (χ2n) is 8.75. The Morgan fingerprint density at radius 3 is 2.03 bits per heavy atom. The number of benzene rings is 1. The van der Waals surface area contributed by atoms with Gasteiger partial charge in [0.05, 0.1) is 31.7 Å². The lowest BCUT2D eigenvalue weighted by Crippen LogP contribution is -2.59. The van der Waals surface area contributed by atoms with E-state index in [1.165, 1.54) is 0 Å². The van der Waals surface area contributed by atoms with Gasteiger partial charge in [-0.05, 0) is 17.9 Å². The van der Waals surface area contributed by atoms with Gasteiger partial charge in [0.25, 0.3) is 5.91 Å². The van der Waals surface area contributed by atoms with Crippen LogP contribution in [0.25, 0.3) is 0 Å². The molecule has 0 aliphatic heterocycles. The molecule has 36 heavy (non-hydrogen) atoms. The van der Waals surface area contributed by atoms with Crippen LogP contribution in [0.4, 0.5) is 0 Å². The molecule has 1 aromatic rings. The summed E-state index contributed by atoms with van der Waals surface area (Å²) in [4.78, 5) is 48.1. The van der Waals surface area contributed by atoms with Crippen molar-refractivity contribution in [3.05, 3.63) is 35.9 Å². The quantitative estimate of drug-likeness (QED) is 0.119. The molecule has 1 aromatic carbocycles. The molecule has 0 saturated heterocycles. The topological polar surface area (TPSA) is 232 Å². The fourth-order valence-electron chi connectivity index (χ4n) is 3.43. The highest BCUT2D eigenvalue weighted by atomic mass is 16.4.